The molecule has 1 saturated heterocycles. The van der Waals surface area contributed by atoms with Crippen molar-refractivity contribution in [2.45, 2.75) is 24.8 Å². The standard InChI is InChI=1S/C18H20N2O5S/c1-24-13-4-2-12(3-5-13)17-19-11-14(26-17)16(23)20-18(10-15(21)22)6-8-25-9-7-18/h2-5,11H,6-10H2,1H3,(H,20,23)(H,21,22). The van der Waals surface area contributed by atoms with Crippen molar-refractivity contribution in [2.24, 2.45) is 0 Å². The van der Waals surface area contributed by atoms with Crippen molar-refractivity contribution in [1.29, 1.82) is 0 Å². The van der Waals surface area contributed by atoms with Crippen LogP contribution in [0.1, 0.15) is 28.9 Å². The molecule has 1 aromatic heterocycles. The Hall–Kier alpha value is -2.45. The molecule has 0 bridgehead atoms. The number of amides is 1. The Morgan fingerprint density at radius 2 is 2.00 bits per heavy atom. The van der Waals surface area contributed by atoms with Gasteiger partial charge in [-0.1, -0.05) is 0 Å². The van der Waals surface area contributed by atoms with Gasteiger partial charge in [-0.3, -0.25) is 9.59 Å². The fourth-order valence-corrected chi connectivity index (χ4v) is 3.76. The lowest BCUT2D eigenvalue weighted by molar-refractivity contribution is -0.139. The van der Waals surface area contributed by atoms with E-state index in [1.165, 1.54) is 17.5 Å². The Morgan fingerprint density at radius 3 is 2.62 bits per heavy atom. The predicted octanol–water partition coefficient (Wildman–Crippen LogP) is 2.57. The van der Waals surface area contributed by atoms with Crippen LogP contribution in [0.4, 0.5) is 0 Å². The number of benzene rings is 1. The predicted molar refractivity (Wildman–Crippen MR) is 96.6 cm³/mol. The van der Waals surface area contributed by atoms with Crippen LogP contribution in [0.2, 0.25) is 0 Å². The van der Waals surface area contributed by atoms with Crippen LogP contribution in [0.5, 0.6) is 5.75 Å². The third kappa shape index (κ3) is 4.20. The van der Waals surface area contributed by atoms with Gasteiger partial charge in [-0.05, 0) is 37.1 Å². The van der Waals surface area contributed by atoms with Gasteiger partial charge in [-0.2, -0.15) is 0 Å². The maximum Gasteiger partial charge on any atom is 0.305 e. The van der Waals surface area contributed by atoms with Gasteiger partial charge in [0.15, 0.2) is 0 Å². The number of nitrogens with one attached hydrogen (secondary N) is 1. The highest BCUT2D eigenvalue weighted by atomic mass is 32.1. The third-order valence-corrected chi connectivity index (χ3v) is 5.43. The number of rotatable bonds is 6. The van der Waals surface area contributed by atoms with Crippen molar-refractivity contribution in [3.05, 3.63) is 35.3 Å². The molecule has 8 heteroatoms. The molecule has 0 saturated carbocycles. The highest BCUT2D eigenvalue weighted by Gasteiger charge is 2.37. The van der Waals surface area contributed by atoms with Crippen molar-refractivity contribution >= 4 is 23.2 Å². The van der Waals surface area contributed by atoms with Crippen LogP contribution in [0.25, 0.3) is 10.6 Å². The average molecular weight is 376 g/mol. The number of thiazole rings is 1. The summed E-state index contributed by atoms with van der Waals surface area (Å²) < 4.78 is 10.4. The monoisotopic (exact) mass is 376 g/mol. The molecular formula is C18H20N2O5S. The van der Waals surface area contributed by atoms with Gasteiger partial charge in [-0.15, -0.1) is 11.3 Å². The van der Waals surface area contributed by atoms with Crippen molar-refractivity contribution in [1.82, 2.24) is 10.3 Å². The van der Waals surface area contributed by atoms with E-state index < -0.39 is 11.5 Å². The van der Waals surface area contributed by atoms with Gasteiger partial charge in [0.25, 0.3) is 5.91 Å². The summed E-state index contributed by atoms with van der Waals surface area (Å²) in [5.74, 6) is -0.487. The van der Waals surface area contributed by atoms with Gasteiger partial charge in [-0.25, -0.2) is 4.98 Å². The van der Waals surface area contributed by atoms with Gasteiger partial charge >= 0.3 is 5.97 Å². The maximum absolute atomic E-state index is 12.7. The second-order valence-corrected chi connectivity index (χ2v) is 7.21. The molecule has 1 amide bonds. The van der Waals surface area contributed by atoms with E-state index >= 15 is 0 Å². The van der Waals surface area contributed by atoms with E-state index in [9.17, 15) is 14.7 Å². The molecule has 1 aromatic carbocycles. The molecule has 0 unspecified atom stereocenters. The maximum atomic E-state index is 12.7. The average Bonchev–Trinajstić information content (AvgIpc) is 3.12. The number of carboxylic acids is 1. The Morgan fingerprint density at radius 1 is 1.31 bits per heavy atom. The van der Waals surface area contributed by atoms with Gasteiger partial charge in [0.05, 0.1) is 25.3 Å². The van der Waals surface area contributed by atoms with Gasteiger partial charge in [0.2, 0.25) is 0 Å². The van der Waals surface area contributed by atoms with Crippen LogP contribution in [0.15, 0.2) is 30.5 Å². The second kappa shape index (κ2) is 7.84. The number of aliphatic carboxylic acids is 1. The SMILES string of the molecule is COc1ccc(-c2ncc(C(=O)NC3(CC(=O)O)CCOCC3)s2)cc1. The summed E-state index contributed by atoms with van der Waals surface area (Å²) in [5, 5.41) is 12.8. The zero-order valence-electron chi connectivity index (χ0n) is 14.4. The number of carbonyl (C=O) groups excluding carboxylic acids is 1. The summed E-state index contributed by atoms with van der Waals surface area (Å²) in [6.45, 7) is 0.876. The van der Waals surface area contributed by atoms with Crippen LogP contribution < -0.4 is 10.1 Å². The highest BCUT2D eigenvalue weighted by Crippen LogP contribution is 2.29. The van der Waals surface area contributed by atoms with Gasteiger partial charge in [0.1, 0.15) is 15.6 Å². The molecular weight excluding hydrogens is 356 g/mol. The summed E-state index contributed by atoms with van der Waals surface area (Å²) >= 11 is 1.27. The largest absolute Gasteiger partial charge is 0.497 e. The van der Waals surface area contributed by atoms with Crippen molar-refractivity contribution in [3.63, 3.8) is 0 Å². The molecule has 26 heavy (non-hydrogen) atoms. The molecule has 0 aliphatic carbocycles. The molecule has 3 rings (SSSR count). The molecule has 1 aliphatic heterocycles. The Balaban J connectivity index is 1.75. The lowest BCUT2D eigenvalue weighted by Crippen LogP contribution is -2.53. The Kier molecular flexibility index (Phi) is 5.53. The fraction of sp³-hybridized carbons (Fsp3) is 0.389. The number of hydrogen-bond acceptors (Lipinski definition) is 6. The first kappa shape index (κ1) is 18.3. The van der Waals surface area contributed by atoms with Crippen LogP contribution >= 0.6 is 11.3 Å². The first-order valence-corrected chi connectivity index (χ1v) is 9.05. The van der Waals surface area contributed by atoms with Crippen molar-refractivity contribution in [3.8, 4) is 16.3 Å². The summed E-state index contributed by atoms with van der Waals surface area (Å²) in [6.07, 6.45) is 2.37. The van der Waals surface area contributed by atoms with E-state index in [1.54, 1.807) is 7.11 Å². The lowest BCUT2D eigenvalue weighted by Gasteiger charge is -2.36. The minimum Gasteiger partial charge on any atom is -0.497 e. The van der Waals surface area contributed by atoms with Gasteiger partial charge < -0.3 is 19.9 Å². The Labute approximate surface area is 155 Å². The van der Waals surface area contributed by atoms with E-state index in [4.69, 9.17) is 9.47 Å². The number of methoxy groups -OCH3 is 1. The molecule has 0 radical (unpaired) electrons. The zero-order chi connectivity index (χ0) is 18.6. The number of carboxylic acid groups (broad SMARTS) is 1. The smallest absolute Gasteiger partial charge is 0.305 e. The molecule has 2 aromatic rings. The molecule has 0 spiro atoms. The van der Waals surface area contributed by atoms with Crippen LogP contribution in [0.3, 0.4) is 0 Å². The molecule has 1 aliphatic rings. The second-order valence-electron chi connectivity index (χ2n) is 6.18. The van der Waals surface area contributed by atoms with Crippen molar-refractivity contribution in [2.75, 3.05) is 20.3 Å². The molecule has 2 heterocycles. The van der Waals surface area contributed by atoms with E-state index in [0.717, 1.165) is 16.3 Å². The molecule has 138 valence electrons. The molecule has 7 nitrogen and oxygen atoms in total. The van der Waals surface area contributed by atoms with E-state index in [1.807, 2.05) is 24.3 Å². The number of aromatic nitrogens is 1. The number of nitrogens with zero attached hydrogens (tertiary/aromatic N) is 1. The van der Waals surface area contributed by atoms with Crippen LogP contribution in [0, 0.1) is 0 Å². The Bertz CT molecular complexity index is 781. The molecule has 0 atom stereocenters. The first-order chi connectivity index (χ1) is 12.5. The van der Waals surface area contributed by atoms with Crippen LogP contribution in [-0.2, 0) is 9.53 Å². The quantitative estimate of drug-likeness (QED) is 0.804. The summed E-state index contributed by atoms with van der Waals surface area (Å²) in [7, 11) is 1.60. The van der Waals surface area contributed by atoms with Crippen LogP contribution in [-0.4, -0.2) is 47.8 Å². The minimum atomic E-state index is -0.935. The number of hydrogen-bond donors (Lipinski definition) is 2. The van der Waals surface area contributed by atoms with E-state index in [-0.39, 0.29) is 12.3 Å². The van der Waals surface area contributed by atoms with Gasteiger partial charge in [0, 0.05) is 18.8 Å². The summed E-state index contributed by atoms with van der Waals surface area (Å²) in [5.41, 5.74) is 0.118. The normalized spacial score (nSPS) is 16.0. The minimum absolute atomic E-state index is 0.119. The van der Waals surface area contributed by atoms with E-state index in [2.05, 4.69) is 10.3 Å². The summed E-state index contributed by atoms with van der Waals surface area (Å²) in [4.78, 5) is 28.6. The molecule has 1 fully saturated rings. The zero-order valence-corrected chi connectivity index (χ0v) is 15.2. The topological polar surface area (TPSA) is 97.8 Å². The highest BCUT2D eigenvalue weighted by molar-refractivity contribution is 7.16. The van der Waals surface area contributed by atoms with Crippen molar-refractivity contribution < 1.29 is 24.2 Å². The summed E-state index contributed by atoms with van der Waals surface area (Å²) in [6, 6.07) is 7.42. The lowest BCUT2D eigenvalue weighted by atomic mass is 9.86. The fourth-order valence-electron chi connectivity index (χ4n) is 2.95. The first-order valence-electron chi connectivity index (χ1n) is 8.24. The van der Waals surface area contributed by atoms with E-state index in [0.29, 0.717) is 30.9 Å². The number of carbonyl (C=O) groups is 2. The third-order valence-electron chi connectivity index (χ3n) is 4.38. The molecule has 2 N–H and O–H groups in total. The number of ether oxygens (including phenoxy) is 2.